The van der Waals surface area contributed by atoms with Crippen LogP contribution in [0.5, 0.6) is 0 Å². The molecule has 0 atom stereocenters. The average Bonchev–Trinajstić information content (AvgIpc) is 2.59. The van der Waals surface area contributed by atoms with Crippen molar-refractivity contribution in [3.05, 3.63) is 15.6 Å². The quantitative estimate of drug-likeness (QED) is 0.772. The molecule has 0 unspecified atom stereocenters. The molecule has 0 radical (unpaired) electrons. The molecular formula is C14H26N2OS. The van der Waals surface area contributed by atoms with Gasteiger partial charge in [-0.2, -0.15) is 0 Å². The van der Waals surface area contributed by atoms with Crippen molar-refractivity contribution in [1.29, 1.82) is 0 Å². The molecule has 0 aliphatic heterocycles. The third-order valence-electron chi connectivity index (χ3n) is 2.83. The second-order valence-electron chi connectivity index (χ2n) is 5.68. The fraction of sp³-hybridized carbons (Fsp3) is 0.786. The highest BCUT2D eigenvalue weighted by atomic mass is 32.1. The van der Waals surface area contributed by atoms with Crippen molar-refractivity contribution in [2.45, 2.75) is 47.1 Å². The van der Waals surface area contributed by atoms with Crippen LogP contribution in [-0.4, -0.2) is 24.7 Å². The van der Waals surface area contributed by atoms with E-state index in [2.05, 4.69) is 51.8 Å². The smallest absolute Gasteiger partial charge is 0.113 e. The van der Waals surface area contributed by atoms with Gasteiger partial charge in [-0.1, -0.05) is 13.8 Å². The number of aryl methyl sites for hydroxylation is 2. The molecule has 104 valence electrons. The van der Waals surface area contributed by atoms with Crippen molar-refractivity contribution in [1.82, 2.24) is 10.3 Å². The van der Waals surface area contributed by atoms with E-state index in [0.29, 0.717) is 5.92 Å². The Bertz CT molecular complexity index is 352. The summed E-state index contributed by atoms with van der Waals surface area (Å²) in [5, 5.41) is 4.67. The fourth-order valence-corrected chi connectivity index (χ4v) is 2.56. The number of hydrogen-bond donors (Lipinski definition) is 1. The van der Waals surface area contributed by atoms with Crippen LogP contribution in [0.15, 0.2) is 0 Å². The molecule has 1 heterocycles. The van der Waals surface area contributed by atoms with E-state index in [9.17, 15) is 0 Å². The summed E-state index contributed by atoms with van der Waals surface area (Å²) in [7, 11) is 0. The zero-order chi connectivity index (χ0) is 13.8. The van der Waals surface area contributed by atoms with Gasteiger partial charge in [0.15, 0.2) is 0 Å². The van der Waals surface area contributed by atoms with Crippen LogP contribution in [0.2, 0.25) is 0 Å². The highest BCUT2D eigenvalue weighted by Crippen LogP contribution is 2.26. The first kappa shape index (κ1) is 15.6. The maximum absolute atomic E-state index is 5.58. The number of aromatic nitrogens is 1. The third kappa shape index (κ3) is 4.67. The molecule has 1 N–H and O–H groups in total. The van der Waals surface area contributed by atoms with Gasteiger partial charge in [0, 0.05) is 18.0 Å². The summed E-state index contributed by atoms with van der Waals surface area (Å²) >= 11 is 1.78. The Kier molecular flexibility index (Phi) is 5.76. The van der Waals surface area contributed by atoms with Crippen LogP contribution in [0.3, 0.4) is 0 Å². The van der Waals surface area contributed by atoms with Gasteiger partial charge >= 0.3 is 0 Å². The minimum Gasteiger partial charge on any atom is -0.380 e. The van der Waals surface area contributed by atoms with E-state index < -0.39 is 0 Å². The van der Waals surface area contributed by atoms with Gasteiger partial charge in [-0.25, -0.2) is 4.98 Å². The molecule has 4 heteroatoms. The number of ether oxygens (including phenoxy) is 1. The van der Waals surface area contributed by atoms with Crippen LogP contribution in [0.1, 0.15) is 43.3 Å². The molecule has 18 heavy (non-hydrogen) atoms. The standard InChI is InChI=1S/C14H26N2OS/c1-10(2)9-17-8-7-15-14(5,6)13-16-11(3)12(4)18-13/h10,15H,7-9H2,1-6H3. The number of nitrogens with one attached hydrogen (secondary N) is 1. The Morgan fingerprint density at radius 2 is 2.00 bits per heavy atom. The molecule has 0 amide bonds. The zero-order valence-electron chi connectivity index (χ0n) is 12.5. The lowest BCUT2D eigenvalue weighted by atomic mass is 10.1. The first-order valence-electron chi connectivity index (χ1n) is 6.60. The van der Waals surface area contributed by atoms with Crippen LogP contribution in [0.25, 0.3) is 0 Å². The van der Waals surface area contributed by atoms with Gasteiger partial charge < -0.3 is 10.1 Å². The molecule has 0 saturated heterocycles. The highest BCUT2D eigenvalue weighted by Gasteiger charge is 2.23. The van der Waals surface area contributed by atoms with Gasteiger partial charge in [0.1, 0.15) is 5.01 Å². The van der Waals surface area contributed by atoms with Crippen LogP contribution >= 0.6 is 11.3 Å². The summed E-state index contributed by atoms with van der Waals surface area (Å²) in [5.74, 6) is 0.599. The van der Waals surface area contributed by atoms with E-state index in [0.717, 1.165) is 30.5 Å². The maximum Gasteiger partial charge on any atom is 0.113 e. The molecule has 1 aromatic heterocycles. The van der Waals surface area contributed by atoms with E-state index in [1.54, 1.807) is 11.3 Å². The molecule has 1 rings (SSSR count). The molecule has 0 spiro atoms. The van der Waals surface area contributed by atoms with Crippen LogP contribution in [0.4, 0.5) is 0 Å². The topological polar surface area (TPSA) is 34.2 Å². The predicted molar refractivity (Wildman–Crippen MR) is 78.3 cm³/mol. The maximum atomic E-state index is 5.58. The first-order chi connectivity index (χ1) is 8.33. The summed E-state index contributed by atoms with van der Waals surface area (Å²) < 4.78 is 5.58. The minimum atomic E-state index is -0.0785. The third-order valence-corrected chi connectivity index (χ3v) is 4.22. The van der Waals surface area contributed by atoms with Crippen molar-refractivity contribution >= 4 is 11.3 Å². The molecule has 1 aromatic rings. The van der Waals surface area contributed by atoms with Crippen LogP contribution in [-0.2, 0) is 10.3 Å². The van der Waals surface area contributed by atoms with Gasteiger partial charge in [0.05, 0.1) is 17.8 Å². The molecular weight excluding hydrogens is 244 g/mol. The Morgan fingerprint density at radius 1 is 1.33 bits per heavy atom. The molecule has 0 bridgehead atoms. The minimum absolute atomic E-state index is 0.0785. The van der Waals surface area contributed by atoms with Crippen molar-refractivity contribution in [2.24, 2.45) is 5.92 Å². The average molecular weight is 270 g/mol. The molecule has 3 nitrogen and oxygen atoms in total. The SMILES string of the molecule is Cc1nc(C(C)(C)NCCOCC(C)C)sc1C. The Balaban J connectivity index is 2.40. The molecule has 0 aromatic carbocycles. The molecule has 0 saturated carbocycles. The summed E-state index contributed by atoms with van der Waals surface area (Å²) in [4.78, 5) is 5.93. The van der Waals surface area contributed by atoms with Crippen molar-refractivity contribution in [2.75, 3.05) is 19.8 Å². The van der Waals surface area contributed by atoms with E-state index in [1.165, 1.54) is 4.88 Å². The van der Waals surface area contributed by atoms with E-state index in [-0.39, 0.29) is 5.54 Å². The normalized spacial score (nSPS) is 12.4. The second kappa shape index (κ2) is 6.64. The summed E-state index contributed by atoms with van der Waals surface area (Å²) in [6.07, 6.45) is 0. The van der Waals surface area contributed by atoms with Crippen molar-refractivity contribution < 1.29 is 4.74 Å². The molecule has 0 aliphatic rings. The fourth-order valence-electron chi connectivity index (χ4n) is 1.57. The second-order valence-corrected chi connectivity index (χ2v) is 6.88. The van der Waals surface area contributed by atoms with Gasteiger partial charge in [-0.3, -0.25) is 0 Å². The van der Waals surface area contributed by atoms with E-state index in [4.69, 9.17) is 4.74 Å². The Morgan fingerprint density at radius 3 is 2.50 bits per heavy atom. The largest absolute Gasteiger partial charge is 0.380 e. The number of hydrogen-bond acceptors (Lipinski definition) is 4. The Hall–Kier alpha value is -0.450. The molecule has 0 fully saturated rings. The van der Waals surface area contributed by atoms with E-state index >= 15 is 0 Å². The van der Waals surface area contributed by atoms with Gasteiger partial charge in [-0.15, -0.1) is 11.3 Å². The van der Waals surface area contributed by atoms with Crippen LogP contribution < -0.4 is 5.32 Å². The van der Waals surface area contributed by atoms with Crippen molar-refractivity contribution in [3.8, 4) is 0 Å². The lowest BCUT2D eigenvalue weighted by Crippen LogP contribution is -2.38. The Labute approximate surface area is 115 Å². The van der Waals surface area contributed by atoms with E-state index in [1.807, 2.05) is 0 Å². The van der Waals surface area contributed by atoms with Crippen molar-refractivity contribution in [3.63, 3.8) is 0 Å². The number of thiazole rings is 1. The zero-order valence-corrected chi connectivity index (χ0v) is 13.3. The first-order valence-corrected chi connectivity index (χ1v) is 7.42. The number of nitrogens with zero attached hydrogens (tertiary/aromatic N) is 1. The highest BCUT2D eigenvalue weighted by molar-refractivity contribution is 7.11. The lowest BCUT2D eigenvalue weighted by Gasteiger charge is -2.24. The number of rotatable bonds is 7. The van der Waals surface area contributed by atoms with Crippen LogP contribution in [0, 0.1) is 19.8 Å². The summed E-state index contributed by atoms with van der Waals surface area (Å²) in [6.45, 7) is 15.3. The monoisotopic (exact) mass is 270 g/mol. The molecule has 0 aliphatic carbocycles. The van der Waals surface area contributed by atoms with Gasteiger partial charge in [-0.05, 0) is 33.6 Å². The summed E-state index contributed by atoms with van der Waals surface area (Å²) in [5.41, 5.74) is 1.06. The van der Waals surface area contributed by atoms with Gasteiger partial charge in [0.2, 0.25) is 0 Å². The predicted octanol–water partition coefficient (Wildman–Crippen LogP) is 3.26. The van der Waals surface area contributed by atoms with Gasteiger partial charge in [0.25, 0.3) is 0 Å². The lowest BCUT2D eigenvalue weighted by molar-refractivity contribution is 0.107. The summed E-state index contributed by atoms with van der Waals surface area (Å²) in [6, 6.07) is 0.